The number of aliphatic hydroxyl groups excluding tert-OH is 1. The zero-order valence-electron chi connectivity index (χ0n) is 26.8. The summed E-state index contributed by atoms with van der Waals surface area (Å²) < 4.78 is 23.8. The van der Waals surface area contributed by atoms with Gasteiger partial charge in [0.1, 0.15) is 0 Å². The van der Waals surface area contributed by atoms with Gasteiger partial charge in [0.2, 0.25) is 14.3 Å². The molecule has 0 aliphatic carbocycles. The van der Waals surface area contributed by atoms with Crippen LogP contribution in [0.2, 0.25) is 18.6 Å². The molecule has 0 saturated carbocycles. The van der Waals surface area contributed by atoms with Gasteiger partial charge in [0.05, 0.1) is 24.8 Å². The zero-order chi connectivity index (χ0) is 32.2. The summed E-state index contributed by atoms with van der Waals surface area (Å²) in [5, 5.41) is 9.74. The van der Waals surface area contributed by atoms with Gasteiger partial charge in [-0.15, -0.1) is 0 Å². The number of halogens is 2. The Balaban J connectivity index is 1.66. The first kappa shape index (κ1) is 34.3. The first-order valence-corrected chi connectivity index (χ1v) is 19.2. The number of anilines is 1. The Labute approximate surface area is 271 Å². The van der Waals surface area contributed by atoms with Gasteiger partial charge in [0.25, 0.3) is 5.91 Å². The number of aliphatic hydroxyl groups is 1. The Morgan fingerprint density at radius 2 is 1.86 bits per heavy atom. The molecule has 0 bridgehead atoms. The van der Waals surface area contributed by atoms with Crippen molar-refractivity contribution < 1.29 is 23.5 Å². The first-order chi connectivity index (χ1) is 20.8. The number of carbonyl (C=O) groups is 2. The summed E-state index contributed by atoms with van der Waals surface area (Å²) in [5.41, 5.74) is 2.90. The number of hydrogen-bond donors (Lipinski definition) is 1. The van der Waals surface area contributed by atoms with Crippen molar-refractivity contribution in [1.82, 2.24) is 4.90 Å². The predicted molar refractivity (Wildman–Crippen MR) is 181 cm³/mol. The number of ether oxygens (including phenoxy) is 1. The number of allylic oxidation sites excluding steroid dienone is 3. The lowest BCUT2D eigenvalue weighted by Gasteiger charge is -2.31. The van der Waals surface area contributed by atoms with E-state index in [1.54, 1.807) is 22.9 Å². The summed E-state index contributed by atoms with van der Waals surface area (Å²) in [6, 6.07) is 15.3. The molecule has 2 heterocycles. The Morgan fingerprint density at radius 1 is 1.16 bits per heavy atom. The van der Waals surface area contributed by atoms with E-state index < -0.39 is 31.6 Å². The molecule has 1 spiro atoms. The average Bonchev–Trinajstić information content (AvgIpc) is 3.37. The maximum Gasteiger partial charge on any atom is 0.264 e. The molecule has 1 N–H and O–H groups in total. The number of benzene rings is 2. The third-order valence-corrected chi connectivity index (χ3v) is 11.9. The number of nitrogens with zero attached hydrogens (tertiary/aromatic N) is 2. The molecular formula is C35H46BrFN2O4Si. The highest BCUT2D eigenvalue weighted by atomic mass is 79.9. The molecule has 238 valence electrons. The van der Waals surface area contributed by atoms with E-state index in [9.17, 15) is 14.7 Å². The molecule has 1 saturated heterocycles. The number of hydrogen-bond acceptors (Lipinski definition) is 4. The summed E-state index contributed by atoms with van der Waals surface area (Å²) in [6.07, 6.45) is 5.29. The molecule has 44 heavy (non-hydrogen) atoms. The second kappa shape index (κ2) is 14.2. The summed E-state index contributed by atoms with van der Waals surface area (Å²) >= 11 is 3.58. The van der Waals surface area contributed by atoms with Gasteiger partial charge in [-0.05, 0) is 70.5 Å². The zero-order valence-corrected chi connectivity index (χ0v) is 29.4. The molecule has 0 aromatic heterocycles. The van der Waals surface area contributed by atoms with Crippen LogP contribution in [0, 0.1) is 5.92 Å². The molecule has 6 nitrogen and oxygen atoms in total. The van der Waals surface area contributed by atoms with E-state index in [4.69, 9.17) is 4.74 Å². The fourth-order valence-electron chi connectivity index (χ4n) is 6.86. The number of amides is 2. The minimum Gasteiger partial charge on any atom is -0.395 e. The van der Waals surface area contributed by atoms with Gasteiger partial charge in [-0.1, -0.05) is 76.5 Å². The number of carbonyl (C=O) groups excluding carboxylic acids is 2. The van der Waals surface area contributed by atoms with Crippen molar-refractivity contribution >= 4 is 41.8 Å². The van der Waals surface area contributed by atoms with Crippen molar-refractivity contribution in [2.24, 2.45) is 5.92 Å². The van der Waals surface area contributed by atoms with Crippen LogP contribution in [0.15, 0.2) is 76.3 Å². The van der Waals surface area contributed by atoms with Crippen LogP contribution in [0.3, 0.4) is 0 Å². The van der Waals surface area contributed by atoms with E-state index in [0.717, 1.165) is 34.1 Å². The fraction of sp³-hybridized carbons (Fsp3) is 0.486. The topological polar surface area (TPSA) is 70.1 Å². The minimum absolute atomic E-state index is 0.0655. The van der Waals surface area contributed by atoms with Crippen LogP contribution in [0.25, 0.3) is 0 Å². The maximum absolute atomic E-state index is 16.2. The molecule has 2 aromatic carbocycles. The predicted octanol–water partition coefficient (Wildman–Crippen LogP) is 7.67. The summed E-state index contributed by atoms with van der Waals surface area (Å²) in [4.78, 5) is 31.6. The molecule has 1 fully saturated rings. The molecular weight excluding hydrogens is 639 g/mol. The maximum atomic E-state index is 16.2. The fourth-order valence-corrected chi connectivity index (χ4v) is 9.71. The van der Waals surface area contributed by atoms with E-state index in [1.165, 1.54) is 11.1 Å². The van der Waals surface area contributed by atoms with Gasteiger partial charge in [0.15, 0.2) is 5.60 Å². The first-order valence-electron chi connectivity index (χ1n) is 15.5. The minimum atomic E-state index is -3.43. The van der Waals surface area contributed by atoms with Crippen molar-refractivity contribution in [3.8, 4) is 0 Å². The van der Waals surface area contributed by atoms with Crippen molar-refractivity contribution in [3.05, 3.63) is 87.4 Å². The second-order valence-corrected chi connectivity index (χ2v) is 17.7. The summed E-state index contributed by atoms with van der Waals surface area (Å²) in [6.45, 7) is 12.1. The molecule has 4 rings (SSSR count). The lowest BCUT2D eigenvalue weighted by atomic mass is 9.82. The van der Waals surface area contributed by atoms with Crippen molar-refractivity contribution in [2.75, 3.05) is 24.6 Å². The SMILES string of the molecule is CC(C)=CCC/C(C)=C/CN1C(=O)[C@@]2(O[C@@H](CC(=O)N(CCO)Cc3ccccc3)[C@H]([Si](C)(C)F)[C@H]2C)c2cc(Br)ccc21. The van der Waals surface area contributed by atoms with Gasteiger partial charge in [-0.25, -0.2) is 0 Å². The van der Waals surface area contributed by atoms with Gasteiger partial charge >= 0.3 is 0 Å². The van der Waals surface area contributed by atoms with Crippen LogP contribution in [0.5, 0.6) is 0 Å². The largest absolute Gasteiger partial charge is 0.395 e. The van der Waals surface area contributed by atoms with Crippen molar-refractivity contribution in [1.29, 1.82) is 0 Å². The highest BCUT2D eigenvalue weighted by Crippen LogP contribution is 2.60. The Morgan fingerprint density at radius 3 is 2.50 bits per heavy atom. The molecule has 0 radical (unpaired) electrons. The normalized spacial score (nSPS) is 23.3. The van der Waals surface area contributed by atoms with Gasteiger partial charge in [0, 0.05) is 41.1 Å². The highest BCUT2D eigenvalue weighted by molar-refractivity contribution is 9.10. The smallest absolute Gasteiger partial charge is 0.264 e. The average molecular weight is 686 g/mol. The Kier molecular flexibility index (Phi) is 11.1. The molecule has 0 unspecified atom stereocenters. The molecule has 2 aliphatic rings. The molecule has 4 atom stereocenters. The van der Waals surface area contributed by atoms with Gasteiger partial charge < -0.3 is 23.8 Å². The third-order valence-electron chi connectivity index (χ3n) is 8.95. The Hall–Kier alpha value is -2.59. The standard InChI is InChI=1S/C35H46BrFN2O4Si/c1-24(2)11-10-12-25(3)17-18-39-30-16-15-28(36)21-29(30)35(34(39)42)26(4)33(44(5,6)37)31(43-35)22-32(41)38(19-20-40)23-27-13-8-7-9-14-27/h7-9,11,13-17,21,26,31,33,40H,10,12,18-20,22-23H2,1-6H3/b25-17+/t26-,31+,33-,35+/m1/s1. The second-order valence-electron chi connectivity index (χ2n) is 12.9. The van der Waals surface area contributed by atoms with Crippen molar-refractivity contribution in [2.45, 2.75) is 83.8 Å². The highest BCUT2D eigenvalue weighted by Gasteiger charge is 2.67. The quantitative estimate of drug-likeness (QED) is 0.142. The third kappa shape index (κ3) is 7.27. The molecule has 9 heteroatoms. The molecule has 2 amide bonds. The molecule has 2 aromatic rings. The van der Waals surface area contributed by atoms with Crippen LogP contribution in [0.1, 0.15) is 58.1 Å². The van der Waals surface area contributed by atoms with Crippen molar-refractivity contribution in [3.63, 3.8) is 0 Å². The van der Waals surface area contributed by atoms with E-state index in [1.807, 2.05) is 55.5 Å². The monoisotopic (exact) mass is 684 g/mol. The van der Waals surface area contributed by atoms with E-state index in [2.05, 4.69) is 48.9 Å². The lowest BCUT2D eigenvalue weighted by Crippen LogP contribution is -2.45. The number of rotatable bonds is 12. The Bertz CT molecular complexity index is 1410. The molecule has 2 aliphatic heterocycles. The van der Waals surface area contributed by atoms with Crippen LogP contribution < -0.4 is 4.90 Å². The van der Waals surface area contributed by atoms with E-state index in [-0.39, 0.29) is 31.4 Å². The van der Waals surface area contributed by atoms with Crippen LogP contribution in [-0.4, -0.2) is 56.0 Å². The van der Waals surface area contributed by atoms with Crippen LogP contribution in [0.4, 0.5) is 9.80 Å². The van der Waals surface area contributed by atoms with Gasteiger partial charge in [-0.2, -0.15) is 0 Å². The number of fused-ring (bicyclic) bond motifs is 2. The van der Waals surface area contributed by atoms with Crippen LogP contribution in [-0.2, 0) is 26.5 Å². The lowest BCUT2D eigenvalue weighted by molar-refractivity contribution is -0.149. The van der Waals surface area contributed by atoms with E-state index in [0.29, 0.717) is 13.1 Å². The summed E-state index contributed by atoms with van der Waals surface area (Å²) in [5.74, 6) is -0.922. The van der Waals surface area contributed by atoms with E-state index >= 15 is 4.11 Å². The van der Waals surface area contributed by atoms with Gasteiger partial charge in [-0.3, -0.25) is 9.59 Å². The summed E-state index contributed by atoms with van der Waals surface area (Å²) in [7, 11) is -3.43. The van der Waals surface area contributed by atoms with Crippen LogP contribution >= 0.6 is 15.9 Å².